The van der Waals surface area contributed by atoms with Crippen molar-refractivity contribution in [3.05, 3.63) is 68.8 Å². The summed E-state index contributed by atoms with van der Waals surface area (Å²) in [5.41, 5.74) is 5.26. The van der Waals surface area contributed by atoms with Crippen LogP contribution in [0, 0.1) is 21.4 Å². The Balaban J connectivity index is 1.60. The number of carbonyl (C=O) groups excluding carboxylic acids is 1. The van der Waals surface area contributed by atoms with E-state index in [9.17, 15) is 14.9 Å². The van der Waals surface area contributed by atoms with E-state index in [0.717, 1.165) is 25.7 Å². The fraction of sp³-hybridized carbons (Fsp3) is 0.536. The average molecular weight is 464 g/mol. The van der Waals surface area contributed by atoms with E-state index >= 15 is 0 Å². The van der Waals surface area contributed by atoms with Crippen molar-refractivity contribution in [3.8, 4) is 0 Å². The smallest absolute Gasteiger partial charge is 0.293 e. The number of nitrogens with one attached hydrogen (secondary N) is 2. The predicted octanol–water partition coefficient (Wildman–Crippen LogP) is 6.20. The normalized spacial score (nSPS) is 25.9. The summed E-state index contributed by atoms with van der Waals surface area (Å²) in [6.45, 7) is 9.95. The number of amides is 1. The number of aryl methyl sites for hydroxylation is 1. The molecule has 6 nitrogen and oxygen atoms in total. The van der Waals surface area contributed by atoms with Crippen LogP contribution >= 0.6 is 0 Å². The first-order chi connectivity index (χ1) is 16.1. The predicted molar refractivity (Wildman–Crippen MR) is 137 cm³/mol. The van der Waals surface area contributed by atoms with Gasteiger partial charge in [-0.05, 0) is 77.2 Å². The molecule has 0 unspecified atom stereocenters. The number of carbonyl (C=O) groups is 1. The van der Waals surface area contributed by atoms with Gasteiger partial charge in [-0.25, -0.2) is 0 Å². The number of rotatable bonds is 6. The second-order valence-electron chi connectivity index (χ2n) is 11.0. The molecule has 2 aliphatic rings. The zero-order valence-corrected chi connectivity index (χ0v) is 21.0. The van der Waals surface area contributed by atoms with Crippen molar-refractivity contribution in [2.75, 3.05) is 18.9 Å². The van der Waals surface area contributed by atoms with Crippen LogP contribution in [-0.4, -0.2) is 24.4 Å². The minimum absolute atomic E-state index is 0.0226. The van der Waals surface area contributed by atoms with Crippen molar-refractivity contribution in [2.45, 2.75) is 71.1 Å². The van der Waals surface area contributed by atoms with Crippen molar-refractivity contribution < 1.29 is 9.72 Å². The third kappa shape index (κ3) is 4.19. The van der Waals surface area contributed by atoms with Gasteiger partial charge in [-0.1, -0.05) is 52.3 Å². The van der Waals surface area contributed by atoms with Crippen LogP contribution in [0.4, 0.5) is 11.4 Å². The van der Waals surface area contributed by atoms with E-state index in [0.29, 0.717) is 29.6 Å². The molecule has 0 heterocycles. The van der Waals surface area contributed by atoms with Crippen molar-refractivity contribution in [1.82, 2.24) is 5.32 Å². The van der Waals surface area contributed by atoms with E-state index in [1.54, 1.807) is 12.1 Å². The summed E-state index contributed by atoms with van der Waals surface area (Å²) in [7, 11) is 1.52. The number of nitrogens with zero attached hydrogens (tertiary/aromatic N) is 1. The Labute approximate surface area is 202 Å². The molecule has 0 spiro atoms. The molecule has 0 aliphatic heterocycles. The lowest BCUT2D eigenvalue weighted by molar-refractivity contribution is -0.384. The summed E-state index contributed by atoms with van der Waals surface area (Å²) >= 11 is 0. The summed E-state index contributed by atoms with van der Waals surface area (Å²) in [6.07, 6.45) is 5.66. The molecule has 2 aromatic rings. The van der Waals surface area contributed by atoms with Crippen LogP contribution in [0.3, 0.4) is 0 Å². The molecule has 0 aromatic heterocycles. The quantitative estimate of drug-likeness (QED) is 0.395. The van der Waals surface area contributed by atoms with Crippen LogP contribution in [0.15, 0.2) is 36.4 Å². The number of hydrogen-bond donors (Lipinski definition) is 2. The maximum absolute atomic E-state index is 12.0. The molecule has 0 saturated heterocycles. The molecular weight excluding hydrogens is 426 g/mol. The number of nitro groups is 1. The van der Waals surface area contributed by atoms with Gasteiger partial charge in [0, 0.05) is 25.2 Å². The molecule has 182 valence electrons. The molecule has 6 heteroatoms. The van der Waals surface area contributed by atoms with Gasteiger partial charge in [-0.15, -0.1) is 0 Å². The maximum Gasteiger partial charge on any atom is 0.293 e. The van der Waals surface area contributed by atoms with E-state index in [1.165, 1.54) is 36.2 Å². The van der Waals surface area contributed by atoms with Gasteiger partial charge in [0.2, 0.25) is 0 Å². The molecule has 0 radical (unpaired) electrons. The Bertz CT molecular complexity index is 1110. The molecule has 34 heavy (non-hydrogen) atoms. The van der Waals surface area contributed by atoms with Crippen LogP contribution < -0.4 is 10.6 Å². The summed E-state index contributed by atoms with van der Waals surface area (Å²) in [5, 5.41) is 17.7. The molecule has 3 atom stereocenters. The largest absolute Gasteiger partial charge is 0.379 e. The first-order valence-corrected chi connectivity index (χ1v) is 12.5. The van der Waals surface area contributed by atoms with Gasteiger partial charge in [0.15, 0.2) is 0 Å². The van der Waals surface area contributed by atoms with Gasteiger partial charge in [0.05, 0.1) is 4.92 Å². The molecule has 2 aromatic carbocycles. The van der Waals surface area contributed by atoms with Crippen molar-refractivity contribution in [1.29, 1.82) is 0 Å². The lowest BCUT2D eigenvalue weighted by Crippen LogP contribution is -2.51. The molecule has 1 saturated carbocycles. The molecule has 1 fully saturated rings. The van der Waals surface area contributed by atoms with E-state index < -0.39 is 4.92 Å². The number of nitro benzene ring substituents is 1. The second-order valence-corrected chi connectivity index (χ2v) is 11.0. The van der Waals surface area contributed by atoms with Crippen LogP contribution in [0.5, 0.6) is 0 Å². The summed E-state index contributed by atoms with van der Waals surface area (Å²) in [6, 6.07) is 11.8. The van der Waals surface area contributed by atoms with Crippen molar-refractivity contribution in [2.24, 2.45) is 11.3 Å². The lowest BCUT2D eigenvalue weighted by atomic mass is 9.49. The Morgan fingerprint density at radius 3 is 2.62 bits per heavy atom. The average Bonchev–Trinajstić information content (AvgIpc) is 2.81. The zero-order chi connectivity index (χ0) is 24.7. The lowest BCUT2D eigenvalue weighted by Gasteiger charge is -2.55. The highest BCUT2D eigenvalue weighted by atomic mass is 16.6. The minimum Gasteiger partial charge on any atom is -0.379 e. The number of hydrogen-bond acceptors (Lipinski definition) is 4. The molecule has 2 N–H and O–H groups in total. The number of benzene rings is 2. The van der Waals surface area contributed by atoms with Gasteiger partial charge in [-0.3, -0.25) is 14.9 Å². The third-order valence-electron chi connectivity index (χ3n) is 8.53. The van der Waals surface area contributed by atoms with E-state index in [1.807, 2.05) is 0 Å². The van der Waals surface area contributed by atoms with E-state index in [2.05, 4.69) is 56.5 Å². The monoisotopic (exact) mass is 463 g/mol. The molecule has 1 amide bonds. The van der Waals surface area contributed by atoms with E-state index in [-0.39, 0.29) is 22.4 Å². The zero-order valence-electron chi connectivity index (χ0n) is 21.0. The molecular formula is C28H37N3O3. The van der Waals surface area contributed by atoms with Crippen molar-refractivity contribution >= 4 is 17.3 Å². The summed E-state index contributed by atoms with van der Waals surface area (Å²) in [4.78, 5) is 23.3. The Kier molecular flexibility index (Phi) is 6.45. The van der Waals surface area contributed by atoms with Gasteiger partial charge >= 0.3 is 0 Å². The van der Waals surface area contributed by atoms with Gasteiger partial charge < -0.3 is 10.6 Å². The fourth-order valence-corrected chi connectivity index (χ4v) is 6.63. The molecule has 4 rings (SSSR count). The Morgan fingerprint density at radius 1 is 1.18 bits per heavy atom. The fourth-order valence-electron chi connectivity index (χ4n) is 6.63. The number of anilines is 1. The van der Waals surface area contributed by atoms with Crippen LogP contribution in [-0.2, 0) is 11.8 Å². The Hall–Kier alpha value is -2.89. The minimum atomic E-state index is -0.411. The van der Waals surface area contributed by atoms with Crippen LogP contribution in [0.2, 0.25) is 0 Å². The Morgan fingerprint density at radius 2 is 1.94 bits per heavy atom. The first kappa shape index (κ1) is 24.2. The van der Waals surface area contributed by atoms with Crippen LogP contribution in [0.1, 0.15) is 86.3 Å². The van der Waals surface area contributed by atoms with Gasteiger partial charge in [-0.2, -0.15) is 0 Å². The maximum atomic E-state index is 12.0. The third-order valence-corrected chi connectivity index (χ3v) is 8.53. The van der Waals surface area contributed by atoms with E-state index in [4.69, 9.17) is 0 Å². The number of fused-ring (bicyclic) bond motifs is 3. The first-order valence-electron chi connectivity index (χ1n) is 12.5. The molecule has 0 bridgehead atoms. The highest BCUT2D eigenvalue weighted by Gasteiger charge is 2.51. The van der Waals surface area contributed by atoms with Gasteiger partial charge in [0.1, 0.15) is 5.69 Å². The topological polar surface area (TPSA) is 84.3 Å². The highest BCUT2D eigenvalue weighted by Crippen LogP contribution is 2.57. The SMILES string of the molecule is CNC(=O)c1ccc(NC[C@@]2(C)CCC[C@]3(C)c4ccc(C(C)C)cc4CC[C@@H]23)c([N+](=O)[O-])c1. The standard InChI is InChI=1S/C28H37N3O3/c1-18(2)19-7-10-22-20(15-19)9-12-25-27(3,13-6-14-28(22,25)4)17-30-23-11-8-21(26(32)29-5)16-24(23)31(33)34/h7-8,10-11,15-16,18,25,30H,6,9,12-14,17H2,1-5H3,(H,29,32)/t25-,27+,28+/m0/s1. The summed E-state index contributed by atoms with van der Waals surface area (Å²) in [5.74, 6) is 0.705. The van der Waals surface area contributed by atoms with Crippen molar-refractivity contribution in [3.63, 3.8) is 0 Å². The summed E-state index contributed by atoms with van der Waals surface area (Å²) < 4.78 is 0. The molecule has 2 aliphatic carbocycles. The highest BCUT2D eigenvalue weighted by molar-refractivity contribution is 5.95. The second kappa shape index (κ2) is 9.05. The van der Waals surface area contributed by atoms with Crippen LogP contribution in [0.25, 0.3) is 0 Å². The van der Waals surface area contributed by atoms with Gasteiger partial charge in [0.25, 0.3) is 11.6 Å².